The number of aromatic amines is 1. The van der Waals surface area contributed by atoms with Gasteiger partial charge in [0, 0.05) is 0 Å². The van der Waals surface area contributed by atoms with Crippen molar-refractivity contribution in [3.05, 3.63) is 75.6 Å². The maximum absolute atomic E-state index is 13.0. The van der Waals surface area contributed by atoms with Crippen molar-refractivity contribution in [2.75, 3.05) is 0 Å². The molecule has 0 aliphatic heterocycles. The molecule has 0 amide bonds. The summed E-state index contributed by atoms with van der Waals surface area (Å²) in [6, 6.07) is 11.6. The average Bonchev–Trinajstić information content (AvgIpc) is 3.42. The molecule has 1 N–H and O–H groups in total. The summed E-state index contributed by atoms with van der Waals surface area (Å²) in [5.41, 5.74) is 2.18. The van der Waals surface area contributed by atoms with Crippen LogP contribution in [0, 0.1) is 18.7 Å². The van der Waals surface area contributed by atoms with E-state index in [1.165, 1.54) is 12.1 Å². The van der Waals surface area contributed by atoms with Gasteiger partial charge >= 0.3 is 5.97 Å². The van der Waals surface area contributed by atoms with Crippen molar-refractivity contribution in [1.29, 1.82) is 0 Å². The molecule has 1 fully saturated rings. The average molecular weight is 352 g/mol. The first-order valence-electron chi connectivity index (χ1n) is 8.43. The van der Waals surface area contributed by atoms with E-state index in [0.717, 1.165) is 11.1 Å². The second kappa shape index (κ2) is 6.37. The molecule has 1 heterocycles. The number of hydrogen-bond donors (Lipinski definition) is 1. The zero-order chi connectivity index (χ0) is 18.3. The molecule has 6 heteroatoms. The number of rotatable bonds is 4. The van der Waals surface area contributed by atoms with Gasteiger partial charge in [-0.2, -0.15) is 0 Å². The van der Waals surface area contributed by atoms with Crippen molar-refractivity contribution in [2.24, 2.45) is 5.92 Å². The van der Waals surface area contributed by atoms with Crippen LogP contribution in [0.2, 0.25) is 0 Å². The normalized spacial score (nSPS) is 18.7. The van der Waals surface area contributed by atoms with Crippen LogP contribution in [-0.2, 0) is 16.1 Å². The Morgan fingerprint density at radius 2 is 2.04 bits per heavy atom. The van der Waals surface area contributed by atoms with E-state index in [-0.39, 0.29) is 35.8 Å². The highest BCUT2D eigenvalue weighted by molar-refractivity contribution is 5.80. The van der Waals surface area contributed by atoms with Gasteiger partial charge in [-0.05, 0) is 48.6 Å². The zero-order valence-corrected chi connectivity index (χ0v) is 14.2. The van der Waals surface area contributed by atoms with Crippen molar-refractivity contribution >= 4 is 16.9 Å². The Kier molecular flexibility index (Phi) is 4.03. The van der Waals surface area contributed by atoms with Gasteiger partial charge in [0.25, 0.3) is 5.56 Å². The second-order valence-corrected chi connectivity index (χ2v) is 6.59. The minimum atomic E-state index is -0.327. The third-order valence-corrected chi connectivity index (χ3v) is 4.73. The first-order chi connectivity index (χ1) is 12.5. The minimum Gasteiger partial charge on any atom is -0.457 e. The molecule has 5 nitrogen and oxygen atoms in total. The summed E-state index contributed by atoms with van der Waals surface area (Å²) in [7, 11) is 0. The molecule has 1 aromatic heterocycles. The number of hydrogen-bond acceptors (Lipinski definition) is 4. The Morgan fingerprint density at radius 1 is 1.27 bits per heavy atom. The highest BCUT2D eigenvalue weighted by atomic mass is 19.1. The first-order valence-corrected chi connectivity index (χ1v) is 8.43. The SMILES string of the molecule is Cc1cccc2c(=O)[nH]c(COC(=O)C3CC3c3ccc(F)cc3)nc12. The van der Waals surface area contributed by atoms with Crippen LogP contribution >= 0.6 is 0 Å². The third kappa shape index (κ3) is 3.10. The Labute approximate surface area is 148 Å². The van der Waals surface area contributed by atoms with Crippen molar-refractivity contribution < 1.29 is 13.9 Å². The fourth-order valence-corrected chi connectivity index (χ4v) is 3.20. The molecule has 2 unspecified atom stereocenters. The standard InChI is InChI=1S/C20H17FN2O3/c1-11-3-2-4-14-18(11)22-17(23-19(14)24)10-26-20(25)16-9-15(16)12-5-7-13(21)8-6-12/h2-8,15-16H,9-10H2,1H3,(H,22,23,24). The lowest BCUT2D eigenvalue weighted by Gasteiger charge is -2.06. The molecule has 0 spiro atoms. The molecule has 132 valence electrons. The molecule has 26 heavy (non-hydrogen) atoms. The Balaban J connectivity index is 1.44. The smallest absolute Gasteiger partial charge is 0.310 e. The van der Waals surface area contributed by atoms with E-state index in [2.05, 4.69) is 9.97 Å². The Bertz CT molecular complexity index is 1040. The molecule has 0 radical (unpaired) electrons. The number of carbonyl (C=O) groups is 1. The summed E-state index contributed by atoms with van der Waals surface area (Å²) < 4.78 is 18.3. The fourth-order valence-electron chi connectivity index (χ4n) is 3.20. The third-order valence-electron chi connectivity index (χ3n) is 4.73. The monoisotopic (exact) mass is 352 g/mol. The van der Waals surface area contributed by atoms with Crippen molar-refractivity contribution in [3.63, 3.8) is 0 Å². The number of fused-ring (bicyclic) bond motifs is 1. The summed E-state index contributed by atoms with van der Waals surface area (Å²) in [5, 5.41) is 0.513. The van der Waals surface area contributed by atoms with Gasteiger partial charge in [-0.3, -0.25) is 9.59 Å². The van der Waals surface area contributed by atoms with Gasteiger partial charge < -0.3 is 9.72 Å². The van der Waals surface area contributed by atoms with Crippen LogP contribution in [0.3, 0.4) is 0 Å². The second-order valence-electron chi connectivity index (χ2n) is 6.59. The van der Waals surface area contributed by atoms with E-state index in [0.29, 0.717) is 23.1 Å². The van der Waals surface area contributed by atoms with Gasteiger partial charge in [0.15, 0.2) is 0 Å². The summed E-state index contributed by atoms with van der Waals surface area (Å²) in [6.07, 6.45) is 0.686. The molecule has 3 aromatic rings. The predicted octanol–water partition coefficient (Wildman–Crippen LogP) is 3.22. The number of nitrogens with zero attached hydrogens (tertiary/aromatic N) is 1. The van der Waals surface area contributed by atoms with Crippen molar-refractivity contribution in [2.45, 2.75) is 25.9 Å². The number of benzene rings is 2. The van der Waals surface area contributed by atoms with E-state index in [1.807, 2.05) is 13.0 Å². The molecular weight excluding hydrogens is 335 g/mol. The molecule has 1 aliphatic carbocycles. The van der Waals surface area contributed by atoms with Crippen LogP contribution in [-0.4, -0.2) is 15.9 Å². The lowest BCUT2D eigenvalue weighted by molar-refractivity contribution is -0.146. The quantitative estimate of drug-likeness (QED) is 0.732. The van der Waals surface area contributed by atoms with Crippen molar-refractivity contribution in [3.8, 4) is 0 Å². The lowest BCUT2D eigenvalue weighted by atomic mass is 10.1. The molecule has 0 bridgehead atoms. The Morgan fingerprint density at radius 3 is 2.81 bits per heavy atom. The number of esters is 1. The largest absolute Gasteiger partial charge is 0.457 e. The Hall–Kier alpha value is -3.02. The number of nitrogens with one attached hydrogen (secondary N) is 1. The number of H-pyrrole nitrogens is 1. The lowest BCUT2D eigenvalue weighted by Crippen LogP contribution is -2.15. The van der Waals surface area contributed by atoms with E-state index in [4.69, 9.17) is 4.74 Å². The predicted molar refractivity (Wildman–Crippen MR) is 94.1 cm³/mol. The van der Waals surface area contributed by atoms with Gasteiger partial charge in [-0.15, -0.1) is 0 Å². The molecular formula is C20H17FN2O3. The number of carbonyl (C=O) groups excluding carboxylic acids is 1. The minimum absolute atomic E-state index is 0.0638. The molecule has 1 saturated carbocycles. The summed E-state index contributed by atoms with van der Waals surface area (Å²) >= 11 is 0. The number of aryl methyl sites for hydroxylation is 1. The molecule has 2 atom stereocenters. The number of ether oxygens (including phenoxy) is 1. The van der Waals surface area contributed by atoms with Crippen LogP contribution in [0.1, 0.15) is 29.3 Å². The van der Waals surface area contributed by atoms with E-state index < -0.39 is 0 Å². The number of para-hydroxylation sites is 1. The zero-order valence-electron chi connectivity index (χ0n) is 14.2. The molecule has 4 rings (SSSR count). The summed E-state index contributed by atoms with van der Waals surface area (Å²) in [5.74, 6) is -0.463. The highest BCUT2D eigenvalue weighted by Gasteiger charge is 2.45. The maximum atomic E-state index is 13.0. The van der Waals surface area contributed by atoms with Crippen molar-refractivity contribution in [1.82, 2.24) is 9.97 Å². The van der Waals surface area contributed by atoms with Crippen LogP contribution in [0.5, 0.6) is 0 Å². The van der Waals surface area contributed by atoms with Crippen LogP contribution < -0.4 is 5.56 Å². The van der Waals surface area contributed by atoms with Crippen LogP contribution in [0.25, 0.3) is 10.9 Å². The van der Waals surface area contributed by atoms with Gasteiger partial charge in [0.05, 0.1) is 16.8 Å². The van der Waals surface area contributed by atoms with Crippen LogP contribution in [0.4, 0.5) is 4.39 Å². The van der Waals surface area contributed by atoms with Crippen LogP contribution in [0.15, 0.2) is 47.3 Å². The van der Waals surface area contributed by atoms with Gasteiger partial charge in [0.1, 0.15) is 18.2 Å². The highest BCUT2D eigenvalue weighted by Crippen LogP contribution is 2.48. The molecule has 0 saturated heterocycles. The summed E-state index contributed by atoms with van der Waals surface area (Å²) in [6.45, 7) is 1.80. The van der Waals surface area contributed by atoms with Gasteiger partial charge in [-0.25, -0.2) is 9.37 Å². The van der Waals surface area contributed by atoms with Gasteiger partial charge in [0.2, 0.25) is 0 Å². The molecule has 2 aromatic carbocycles. The van der Waals surface area contributed by atoms with Gasteiger partial charge in [-0.1, -0.05) is 24.3 Å². The number of aromatic nitrogens is 2. The topological polar surface area (TPSA) is 72.1 Å². The molecule has 1 aliphatic rings. The maximum Gasteiger partial charge on any atom is 0.310 e. The summed E-state index contributed by atoms with van der Waals surface area (Å²) in [4.78, 5) is 31.4. The van der Waals surface area contributed by atoms with E-state index >= 15 is 0 Å². The fraction of sp³-hybridized carbons (Fsp3) is 0.250. The number of halogens is 1. The van der Waals surface area contributed by atoms with E-state index in [9.17, 15) is 14.0 Å². The first kappa shape index (κ1) is 16.4. The van der Waals surface area contributed by atoms with E-state index in [1.54, 1.807) is 24.3 Å².